The van der Waals surface area contributed by atoms with Crippen molar-refractivity contribution in [3.05, 3.63) is 71.9 Å². The van der Waals surface area contributed by atoms with E-state index in [0.717, 1.165) is 32.1 Å². The zero-order valence-corrected chi connectivity index (χ0v) is 62.3. The number of fused-ring (bicyclic) bond motifs is 4. The summed E-state index contributed by atoms with van der Waals surface area (Å²) < 4.78 is 61.6. The molecule has 0 aromatic heterocycles. The minimum Gasteiger partial charge on any atom is -0.459 e. The lowest BCUT2D eigenvalue weighted by atomic mass is 9.79. The molecule has 20 nitrogen and oxygen atoms in total. The summed E-state index contributed by atoms with van der Waals surface area (Å²) >= 11 is 0. The number of allylic oxidation sites excluding steroid dienone is 4. The summed E-state index contributed by atoms with van der Waals surface area (Å²) in [7, 11) is 6.59. The van der Waals surface area contributed by atoms with Crippen LogP contribution >= 0.6 is 0 Å². The Kier molecular flexibility index (Phi) is 37.6. The number of hydrogen-bond acceptors (Lipinski definition) is 20. The zero-order valence-electron chi connectivity index (χ0n) is 62.3. The number of ether oxygens (including phenoxy) is 10. The number of cyclic esters (lactones) is 2. The van der Waals surface area contributed by atoms with Crippen LogP contribution in [0, 0.1) is 47.3 Å². The molecule has 5 heterocycles. The van der Waals surface area contributed by atoms with Crippen LogP contribution in [0.2, 0.25) is 0 Å². The molecule has 0 spiro atoms. The van der Waals surface area contributed by atoms with Gasteiger partial charge in [-0.15, -0.1) is 0 Å². The van der Waals surface area contributed by atoms with Crippen molar-refractivity contribution in [1.82, 2.24) is 0 Å². The molecule has 8 N–H and O–H groups in total. The molecule has 0 radical (unpaired) electrons. The van der Waals surface area contributed by atoms with Gasteiger partial charge in [-0.1, -0.05) is 115 Å². The van der Waals surface area contributed by atoms with E-state index in [-0.39, 0.29) is 92.8 Å². The van der Waals surface area contributed by atoms with Gasteiger partial charge in [0.25, 0.3) is 0 Å². The van der Waals surface area contributed by atoms with E-state index in [0.29, 0.717) is 62.5 Å². The minimum atomic E-state index is -1.17. The Bertz CT molecular complexity index is 2480. The SMILES string of the molecule is CO[C@H]1C[C@H](CC[C@H](C)[C@H](O)[C@H](C)[C@@H](O)[C@@H](C)[C@H](O)C[C@@H]2OC(=O)/C=C/C(C)=C/C[C@H](O)C[C@@H]3C=CC[C@@H](C[C@@H](OC)[C@@H](C)[C@H](O)C[C@@H](O)[C@H](C)[C@H](O)[C@H](C)[C@H]([C@@H](C)CC[C@H]4C[C@H](OC)C[C@H](C)O4)OC(=O)/C=C/C(C)=C/C[C@@H](O)C[C@@H]4C=CC[C@@H](C[C@H](OC)[C@@H]2C)O4)O3)O[C@@H](C)C1. The number of rotatable bonds is 18. The second kappa shape index (κ2) is 43.1. The lowest BCUT2D eigenvalue weighted by Gasteiger charge is -2.38. The molecule has 0 aromatic rings. The molecule has 20 heteroatoms. The number of carbonyl (C=O) groups excluding carboxylic acids is 2. The standard InChI is InChI=1S/C78H132O20/c1-45-23-29-57(79)37-59-19-17-21-61(95-59)41-70(91-15)51(7)67(81)43-68(82)52(8)77(88)56(12)78(48(4)28-32-64-40-66(90-14)36-50(6)94-64)98-74(85)34-26-46(2)24-30-58(80)38-60-20-18-22-62(96-60)42-71(92-16)54(10)72(97-73(84)33-25-45)44-69(83)53(9)76(87)55(11)75(86)47(3)27-31-63-39-65(89-13)35-49(5)93-63/h17-20,23-26,33-34,47-72,75-83,86-88H,21-22,27-32,35-44H2,1-16H3/b33-25+,34-26+,45-23+,46-24+/t47-,48-,49-,50-,51-,52-,53-,54-,55-,56-,57-,58+,59-,60-,61-,62-,63-,64-,65+,66+,67+,68+,69+,70+,71-,72-,75-,76-,77-,78-/m0/s1. The lowest BCUT2D eigenvalue weighted by Crippen LogP contribution is -2.45. The molecule has 30 atom stereocenters. The van der Waals surface area contributed by atoms with E-state index >= 15 is 0 Å². The van der Waals surface area contributed by atoms with E-state index in [1.165, 1.54) is 12.2 Å². The van der Waals surface area contributed by atoms with Gasteiger partial charge in [0.1, 0.15) is 12.2 Å². The molecular weight excluding hydrogens is 1260 g/mol. The summed E-state index contributed by atoms with van der Waals surface area (Å²) in [6.07, 6.45) is 14.4. The number of carbonyl (C=O) groups is 2. The van der Waals surface area contributed by atoms with Crippen LogP contribution in [0.15, 0.2) is 71.9 Å². The van der Waals surface area contributed by atoms with Crippen molar-refractivity contribution in [2.24, 2.45) is 47.3 Å². The summed E-state index contributed by atoms with van der Waals surface area (Å²) in [6.45, 7) is 22.5. The van der Waals surface area contributed by atoms with E-state index < -0.39 is 133 Å². The highest BCUT2D eigenvalue weighted by Crippen LogP contribution is 2.36. The molecule has 98 heavy (non-hydrogen) atoms. The topological polar surface area (TPSA) is 288 Å². The molecule has 5 aliphatic heterocycles. The fourth-order valence-electron chi connectivity index (χ4n) is 15.3. The summed E-state index contributed by atoms with van der Waals surface area (Å²) in [5.41, 5.74) is 1.42. The van der Waals surface area contributed by atoms with Crippen LogP contribution in [0.4, 0.5) is 0 Å². The smallest absolute Gasteiger partial charge is 0.331 e. The van der Waals surface area contributed by atoms with Crippen molar-refractivity contribution in [2.45, 2.75) is 333 Å². The first-order valence-corrected chi connectivity index (χ1v) is 37.1. The van der Waals surface area contributed by atoms with E-state index in [4.69, 9.17) is 47.4 Å². The molecule has 0 aromatic carbocycles. The number of hydrogen-bond donors (Lipinski definition) is 8. The molecule has 0 aliphatic carbocycles. The maximum Gasteiger partial charge on any atom is 0.331 e. The Labute approximate surface area is 587 Å². The highest BCUT2D eigenvalue weighted by molar-refractivity contribution is 5.83. The van der Waals surface area contributed by atoms with Gasteiger partial charge in [-0.05, 0) is 123 Å². The molecule has 0 unspecified atom stereocenters. The largest absolute Gasteiger partial charge is 0.459 e. The van der Waals surface area contributed by atoms with Crippen LogP contribution in [0.3, 0.4) is 0 Å². The van der Waals surface area contributed by atoms with Crippen LogP contribution in [0.5, 0.6) is 0 Å². The molecule has 0 saturated carbocycles. The normalized spacial score (nSPS) is 40.4. The fourth-order valence-corrected chi connectivity index (χ4v) is 15.3. The van der Waals surface area contributed by atoms with Crippen molar-refractivity contribution in [2.75, 3.05) is 28.4 Å². The highest BCUT2D eigenvalue weighted by atomic mass is 16.6. The zero-order chi connectivity index (χ0) is 72.5. The molecule has 0 amide bonds. The molecule has 5 aliphatic rings. The highest BCUT2D eigenvalue weighted by Gasteiger charge is 2.42. The van der Waals surface area contributed by atoms with Gasteiger partial charge in [-0.2, -0.15) is 0 Å². The molecular formula is C78H132O20. The van der Waals surface area contributed by atoms with Crippen LogP contribution in [-0.2, 0) is 57.0 Å². The van der Waals surface area contributed by atoms with Crippen molar-refractivity contribution in [1.29, 1.82) is 0 Å². The average Bonchev–Trinajstić information content (AvgIpc) is 1.01. The summed E-state index contributed by atoms with van der Waals surface area (Å²) in [5.74, 6) is -5.32. The second-order valence-corrected chi connectivity index (χ2v) is 30.3. The van der Waals surface area contributed by atoms with Crippen LogP contribution < -0.4 is 0 Å². The third kappa shape index (κ3) is 28.1. The molecule has 5 rings (SSSR count). The monoisotopic (exact) mass is 1390 g/mol. The average molecular weight is 1390 g/mol. The Hall–Kier alpha value is -3.26. The van der Waals surface area contributed by atoms with Gasteiger partial charge in [0.2, 0.25) is 0 Å². The van der Waals surface area contributed by atoms with Crippen LogP contribution in [-0.4, -0.2) is 216 Å². The molecule has 2 saturated heterocycles. The Morgan fingerprint density at radius 3 is 1.46 bits per heavy atom. The maximum atomic E-state index is 13.9. The van der Waals surface area contributed by atoms with E-state index in [9.17, 15) is 50.4 Å². The fraction of sp³-hybridized carbons (Fsp3) is 0.821. The van der Waals surface area contributed by atoms with Gasteiger partial charge in [-0.3, -0.25) is 0 Å². The van der Waals surface area contributed by atoms with Crippen LogP contribution in [0.1, 0.15) is 199 Å². The Morgan fingerprint density at radius 1 is 0.500 bits per heavy atom. The summed E-state index contributed by atoms with van der Waals surface area (Å²) in [6, 6.07) is 0. The van der Waals surface area contributed by atoms with Gasteiger partial charge in [0, 0.05) is 108 Å². The van der Waals surface area contributed by atoms with Gasteiger partial charge in [0.15, 0.2) is 0 Å². The van der Waals surface area contributed by atoms with Gasteiger partial charge in [-0.25, -0.2) is 9.59 Å². The summed E-state index contributed by atoms with van der Waals surface area (Å²) in [5, 5.41) is 93.6. The van der Waals surface area contributed by atoms with Crippen molar-refractivity contribution >= 4 is 11.9 Å². The third-order valence-corrected chi connectivity index (χ3v) is 22.3. The van der Waals surface area contributed by atoms with Crippen molar-refractivity contribution in [3.8, 4) is 0 Å². The van der Waals surface area contributed by atoms with Crippen molar-refractivity contribution in [3.63, 3.8) is 0 Å². The predicted molar refractivity (Wildman–Crippen MR) is 377 cm³/mol. The summed E-state index contributed by atoms with van der Waals surface area (Å²) in [4.78, 5) is 27.8. The molecule has 2 fully saturated rings. The second-order valence-electron chi connectivity index (χ2n) is 30.3. The quantitative estimate of drug-likeness (QED) is 0.0468. The molecule has 564 valence electrons. The van der Waals surface area contributed by atoms with E-state index in [1.54, 1.807) is 61.4 Å². The number of esters is 2. The first-order valence-electron chi connectivity index (χ1n) is 37.1. The third-order valence-electron chi connectivity index (χ3n) is 22.3. The van der Waals surface area contributed by atoms with Crippen molar-refractivity contribution < 1.29 is 97.8 Å². The van der Waals surface area contributed by atoms with E-state index in [2.05, 4.69) is 0 Å². The number of aliphatic hydroxyl groups excluding tert-OH is 8. The number of aliphatic hydroxyl groups is 8. The predicted octanol–water partition coefficient (Wildman–Crippen LogP) is 10.1. The number of methoxy groups -OCH3 is 4. The van der Waals surface area contributed by atoms with Gasteiger partial charge in [0.05, 0.1) is 122 Å². The Morgan fingerprint density at radius 2 is 0.969 bits per heavy atom. The molecule has 4 bridgehead atoms. The van der Waals surface area contributed by atoms with Gasteiger partial charge < -0.3 is 88.2 Å². The lowest BCUT2D eigenvalue weighted by molar-refractivity contribution is -0.155. The van der Waals surface area contributed by atoms with E-state index in [1.807, 2.05) is 98.8 Å². The Balaban J connectivity index is 1.36. The first kappa shape index (κ1) is 85.4. The first-order chi connectivity index (χ1) is 46.4. The maximum absolute atomic E-state index is 13.9. The minimum absolute atomic E-state index is 0.00523. The van der Waals surface area contributed by atoms with Crippen LogP contribution in [0.25, 0.3) is 0 Å². The van der Waals surface area contributed by atoms with Gasteiger partial charge >= 0.3 is 11.9 Å².